The van der Waals surface area contributed by atoms with Crippen molar-refractivity contribution in [2.45, 2.75) is 13.8 Å². The quantitative estimate of drug-likeness (QED) is 0.772. The molecule has 0 unspecified atom stereocenters. The first kappa shape index (κ1) is 13.6. The Morgan fingerprint density at radius 3 is 2.71 bits per heavy atom. The summed E-state index contributed by atoms with van der Waals surface area (Å²) in [7, 11) is 1.66. The summed E-state index contributed by atoms with van der Waals surface area (Å²) in [6, 6.07) is 7.97. The Balaban J connectivity index is 2.03. The Hall–Kier alpha value is -2.34. The van der Waals surface area contributed by atoms with Crippen molar-refractivity contribution in [1.82, 2.24) is 9.97 Å². The minimum absolute atomic E-state index is 0.275. The van der Waals surface area contributed by atoms with Gasteiger partial charge >= 0.3 is 0 Å². The van der Waals surface area contributed by atoms with Crippen LogP contribution >= 0.6 is 11.3 Å². The largest absolute Gasteiger partial charge is 0.496 e. The van der Waals surface area contributed by atoms with Crippen molar-refractivity contribution in [2.75, 3.05) is 18.2 Å². The Labute approximate surface area is 126 Å². The van der Waals surface area contributed by atoms with Crippen molar-refractivity contribution in [2.24, 2.45) is 0 Å². The molecule has 0 aliphatic carbocycles. The van der Waals surface area contributed by atoms with Crippen molar-refractivity contribution in [3.63, 3.8) is 0 Å². The van der Waals surface area contributed by atoms with E-state index in [9.17, 15) is 0 Å². The van der Waals surface area contributed by atoms with Crippen LogP contribution in [-0.4, -0.2) is 17.1 Å². The van der Waals surface area contributed by atoms with Gasteiger partial charge in [0.1, 0.15) is 16.4 Å². The molecule has 0 aliphatic heterocycles. The molecule has 0 saturated carbocycles. The number of nitrogens with one attached hydrogen (secondary N) is 1. The number of aryl methyl sites for hydroxylation is 2. The van der Waals surface area contributed by atoms with Crippen molar-refractivity contribution in [1.29, 1.82) is 0 Å². The molecule has 0 atom stereocenters. The van der Waals surface area contributed by atoms with Gasteiger partial charge in [-0.25, -0.2) is 4.98 Å². The zero-order valence-electron chi connectivity index (χ0n) is 12.1. The number of nitrogens with zero attached hydrogens (tertiary/aromatic N) is 2. The molecule has 0 bridgehead atoms. The van der Waals surface area contributed by atoms with Crippen LogP contribution < -0.4 is 15.8 Å². The fourth-order valence-electron chi connectivity index (χ4n) is 2.25. The number of nitrogen functional groups attached to an aromatic ring is 1. The van der Waals surface area contributed by atoms with Gasteiger partial charge in [0, 0.05) is 10.6 Å². The number of methoxy groups -OCH3 is 1. The summed E-state index contributed by atoms with van der Waals surface area (Å²) in [6.45, 7) is 4.05. The van der Waals surface area contributed by atoms with E-state index in [4.69, 9.17) is 10.5 Å². The molecule has 3 N–H and O–H groups in total. The third-order valence-corrected chi connectivity index (χ3v) is 4.14. The van der Waals surface area contributed by atoms with E-state index in [-0.39, 0.29) is 5.95 Å². The smallest absolute Gasteiger partial charge is 0.223 e. The van der Waals surface area contributed by atoms with E-state index < -0.39 is 0 Å². The van der Waals surface area contributed by atoms with E-state index in [2.05, 4.69) is 21.4 Å². The molecule has 21 heavy (non-hydrogen) atoms. The normalized spacial score (nSPS) is 10.8. The molecule has 0 aliphatic rings. The number of benzene rings is 1. The molecule has 5 nitrogen and oxygen atoms in total. The van der Waals surface area contributed by atoms with Crippen LogP contribution in [-0.2, 0) is 0 Å². The van der Waals surface area contributed by atoms with Gasteiger partial charge < -0.3 is 15.8 Å². The highest BCUT2D eigenvalue weighted by Gasteiger charge is 2.10. The number of hydrogen-bond donors (Lipinski definition) is 2. The molecule has 2 aromatic heterocycles. The van der Waals surface area contributed by atoms with E-state index in [0.29, 0.717) is 0 Å². The zero-order chi connectivity index (χ0) is 15.0. The van der Waals surface area contributed by atoms with Crippen LogP contribution in [0.2, 0.25) is 0 Å². The second-order valence-corrected chi connectivity index (χ2v) is 6.05. The van der Waals surface area contributed by atoms with Crippen molar-refractivity contribution >= 4 is 39.0 Å². The van der Waals surface area contributed by atoms with Gasteiger partial charge in [0.2, 0.25) is 5.95 Å². The average molecular weight is 300 g/mol. The maximum Gasteiger partial charge on any atom is 0.223 e. The maximum absolute atomic E-state index is 5.79. The summed E-state index contributed by atoms with van der Waals surface area (Å²) in [4.78, 5) is 10.7. The summed E-state index contributed by atoms with van der Waals surface area (Å²) < 4.78 is 5.27. The number of ether oxygens (including phenoxy) is 1. The van der Waals surface area contributed by atoms with Gasteiger partial charge in [0.15, 0.2) is 0 Å². The average Bonchev–Trinajstić information content (AvgIpc) is 2.79. The second kappa shape index (κ2) is 5.21. The third-order valence-electron chi connectivity index (χ3n) is 3.19. The predicted octanol–water partition coefficient (Wildman–Crippen LogP) is 3.64. The summed E-state index contributed by atoms with van der Waals surface area (Å²) in [6.07, 6.45) is 0. The number of fused-ring (bicyclic) bond motifs is 1. The Morgan fingerprint density at radius 1 is 1.19 bits per heavy atom. The molecule has 0 spiro atoms. The topological polar surface area (TPSA) is 73.1 Å². The van der Waals surface area contributed by atoms with E-state index in [1.54, 1.807) is 18.4 Å². The van der Waals surface area contributed by atoms with Crippen LogP contribution in [0.25, 0.3) is 10.2 Å². The van der Waals surface area contributed by atoms with Crippen LogP contribution in [0.15, 0.2) is 24.3 Å². The number of thiophene rings is 1. The number of nitrogens with two attached hydrogens (primary N) is 1. The van der Waals surface area contributed by atoms with E-state index in [1.807, 2.05) is 32.0 Å². The van der Waals surface area contributed by atoms with Gasteiger partial charge in [-0.3, -0.25) is 0 Å². The third kappa shape index (κ3) is 2.62. The predicted molar refractivity (Wildman–Crippen MR) is 87.6 cm³/mol. The molecular weight excluding hydrogens is 284 g/mol. The van der Waals surface area contributed by atoms with Gasteiger partial charge in [-0.05, 0) is 43.7 Å². The maximum atomic E-state index is 5.79. The monoisotopic (exact) mass is 300 g/mol. The molecule has 6 heteroatoms. The lowest BCUT2D eigenvalue weighted by molar-refractivity contribution is 0.412. The Kier molecular flexibility index (Phi) is 3.39. The molecule has 0 radical (unpaired) electrons. The molecule has 2 heterocycles. The molecule has 0 amide bonds. The highest BCUT2D eigenvalue weighted by molar-refractivity contribution is 7.18. The van der Waals surface area contributed by atoms with Gasteiger partial charge in [-0.1, -0.05) is 0 Å². The molecule has 3 aromatic rings. The lowest BCUT2D eigenvalue weighted by Gasteiger charge is -2.10. The van der Waals surface area contributed by atoms with Crippen LogP contribution in [0.1, 0.15) is 10.4 Å². The Bertz CT molecular complexity index is 813. The van der Waals surface area contributed by atoms with Crippen LogP contribution in [0.4, 0.5) is 17.5 Å². The van der Waals surface area contributed by atoms with Crippen LogP contribution in [0, 0.1) is 13.8 Å². The lowest BCUT2D eigenvalue weighted by atomic mass is 10.2. The van der Waals surface area contributed by atoms with Crippen molar-refractivity contribution in [3.05, 3.63) is 34.7 Å². The molecule has 108 valence electrons. The van der Waals surface area contributed by atoms with E-state index >= 15 is 0 Å². The van der Waals surface area contributed by atoms with Gasteiger partial charge in [-0.15, -0.1) is 11.3 Å². The van der Waals surface area contributed by atoms with Gasteiger partial charge in [-0.2, -0.15) is 4.98 Å². The minimum atomic E-state index is 0.275. The summed E-state index contributed by atoms with van der Waals surface area (Å²) in [5.74, 6) is 1.86. The van der Waals surface area contributed by atoms with Crippen LogP contribution in [0.5, 0.6) is 5.75 Å². The molecule has 1 aromatic carbocycles. The van der Waals surface area contributed by atoms with E-state index in [0.717, 1.165) is 33.0 Å². The molecule has 0 saturated heterocycles. The number of aromatic nitrogens is 2. The van der Waals surface area contributed by atoms with Gasteiger partial charge in [0.05, 0.1) is 12.5 Å². The van der Waals surface area contributed by atoms with Gasteiger partial charge in [0.25, 0.3) is 0 Å². The fraction of sp³-hybridized carbons (Fsp3) is 0.200. The molecular formula is C15H16N4OS. The fourth-order valence-corrected chi connectivity index (χ4v) is 3.13. The number of anilines is 3. The molecule has 0 fully saturated rings. The second-order valence-electron chi connectivity index (χ2n) is 4.82. The standard InChI is InChI=1S/C15H16N4OS/c1-8-6-10(4-5-12(8)20-3)17-13-11-7-9(2)21-14(11)19-15(16)18-13/h4-7H,1-3H3,(H3,16,17,18,19). The lowest BCUT2D eigenvalue weighted by Crippen LogP contribution is -2.00. The highest BCUT2D eigenvalue weighted by atomic mass is 32.1. The minimum Gasteiger partial charge on any atom is -0.496 e. The first-order valence-electron chi connectivity index (χ1n) is 6.52. The number of rotatable bonds is 3. The van der Waals surface area contributed by atoms with E-state index in [1.165, 1.54) is 4.88 Å². The zero-order valence-corrected chi connectivity index (χ0v) is 12.9. The molecule has 3 rings (SSSR count). The van der Waals surface area contributed by atoms with Crippen molar-refractivity contribution in [3.8, 4) is 5.75 Å². The van der Waals surface area contributed by atoms with Crippen LogP contribution in [0.3, 0.4) is 0 Å². The van der Waals surface area contributed by atoms with Crippen molar-refractivity contribution < 1.29 is 4.74 Å². The first-order chi connectivity index (χ1) is 10.1. The summed E-state index contributed by atoms with van der Waals surface area (Å²) >= 11 is 1.61. The Morgan fingerprint density at radius 2 is 2.00 bits per heavy atom. The highest BCUT2D eigenvalue weighted by Crippen LogP contribution is 2.31. The first-order valence-corrected chi connectivity index (χ1v) is 7.34. The summed E-state index contributed by atoms with van der Waals surface area (Å²) in [5.41, 5.74) is 7.79. The summed E-state index contributed by atoms with van der Waals surface area (Å²) in [5, 5.41) is 4.30. The number of hydrogen-bond acceptors (Lipinski definition) is 6. The SMILES string of the molecule is COc1ccc(Nc2nc(N)nc3sc(C)cc23)cc1C.